The fourth-order valence-electron chi connectivity index (χ4n) is 4.27. The van der Waals surface area contributed by atoms with Gasteiger partial charge in [0.05, 0.1) is 25.8 Å². The number of benzene rings is 2. The molecule has 0 aliphatic carbocycles. The molecule has 0 saturated heterocycles. The molecule has 2 aromatic heterocycles. The Morgan fingerprint density at radius 3 is 2.49 bits per heavy atom. The number of hydrogen-bond acceptors (Lipinski definition) is 7. The average Bonchev–Trinajstić information content (AvgIpc) is 2.88. The summed E-state index contributed by atoms with van der Waals surface area (Å²) in [5.41, 5.74) is 10.4. The second-order valence-corrected chi connectivity index (χ2v) is 10.5. The molecule has 4 aromatic rings. The predicted molar refractivity (Wildman–Crippen MR) is 147 cm³/mol. The molecule has 0 aliphatic rings. The Hall–Kier alpha value is -3.32. The molecule has 0 atom stereocenters. The van der Waals surface area contributed by atoms with Gasteiger partial charge in [-0.1, -0.05) is 18.2 Å². The van der Waals surface area contributed by atoms with E-state index in [0.717, 1.165) is 41.0 Å². The minimum Gasteiger partial charge on any atom is -0.497 e. The topological polar surface area (TPSA) is 96.6 Å². The number of nitrogens with zero attached hydrogens (tertiary/aromatic N) is 2. The van der Waals surface area contributed by atoms with E-state index in [9.17, 15) is 8.96 Å². The zero-order valence-corrected chi connectivity index (χ0v) is 22.3. The van der Waals surface area contributed by atoms with Gasteiger partial charge in [-0.05, 0) is 86.2 Å². The van der Waals surface area contributed by atoms with Crippen molar-refractivity contribution in [3.8, 4) is 5.75 Å². The molecule has 4 rings (SSSR count). The van der Waals surface area contributed by atoms with Gasteiger partial charge < -0.3 is 19.5 Å². The third kappa shape index (κ3) is 5.82. The lowest BCUT2D eigenvalue weighted by molar-refractivity contribution is 0.220. The van der Waals surface area contributed by atoms with Crippen molar-refractivity contribution in [3.05, 3.63) is 76.5 Å². The highest BCUT2D eigenvalue weighted by atomic mass is 31.2. The van der Waals surface area contributed by atoms with Crippen molar-refractivity contribution in [1.82, 2.24) is 9.97 Å². The third-order valence-electron chi connectivity index (χ3n) is 6.12. The van der Waals surface area contributed by atoms with E-state index in [-0.39, 0.29) is 19.0 Å². The lowest BCUT2D eigenvalue weighted by atomic mass is 9.99. The Morgan fingerprint density at radius 2 is 1.81 bits per heavy atom. The quantitative estimate of drug-likeness (QED) is 0.177. The number of ether oxygens (including phenoxy) is 1. The lowest BCUT2D eigenvalue weighted by Crippen LogP contribution is -1.99. The molecule has 0 unspecified atom stereocenters. The predicted octanol–water partition coefficient (Wildman–Crippen LogP) is 7.00. The van der Waals surface area contributed by atoms with E-state index in [2.05, 4.69) is 29.0 Å². The molecule has 2 N–H and O–H groups in total. The summed E-state index contributed by atoms with van der Waals surface area (Å²) in [4.78, 5) is 9.07. The summed E-state index contributed by atoms with van der Waals surface area (Å²) in [6.45, 7) is 5.47. The van der Waals surface area contributed by atoms with Crippen LogP contribution in [0.1, 0.15) is 36.1 Å². The Balaban J connectivity index is 1.67. The van der Waals surface area contributed by atoms with E-state index < -0.39 is 13.2 Å². The molecule has 2 aromatic carbocycles. The molecule has 0 spiro atoms. The molecule has 0 aliphatic heterocycles. The molecule has 0 fully saturated rings. The molecule has 0 bridgehead atoms. The van der Waals surface area contributed by atoms with E-state index in [0.29, 0.717) is 16.6 Å². The summed E-state index contributed by atoms with van der Waals surface area (Å²) in [6, 6.07) is 13.4. The van der Waals surface area contributed by atoms with Crippen LogP contribution in [0.15, 0.2) is 54.2 Å². The minimum atomic E-state index is -4.00. The Kier molecular flexibility index (Phi) is 8.22. The Labute approximate surface area is 216 Å². The minimum absolute atomic E-state index is 0.0632. The van der Waals surface area contributed by atoms with Crippen molar-refractivity contribution in [2.45, 2.75) is 33.6 Å². The number of aromatic nitrogens is 2. The number of halogens is 1. The van der Waals surface area contributed by atoms with Gasteiger partial charge in [-0.3, -0.25) is 9.55 Å². The van der Waals surface area contributed by atoms with Crippen LogP contribution < -0.4 is 10.5 Å². The molecular formula is C28H31FN3O4P. The van der Waals surface area contributed by atoms with Crippen LogP contribution in [-0.2, 0) is 26.5 Å². The van der Waals surface area contributed by atoms with Crippen LogP contribution in [0.5, 0.6) is 5.75 Å². The molecule has 7 nitrogen and oxygen atoms in total. The van der Waals surface area contributed by atoms with Crippen molar-refractivity contribution in [1.29, 1.82) is 0 Å². The number of methoxy groups -OCH3 is 1. The number of pyridine rings is 2. The largest absolute Gasteiger partial charge is 0.497 e. The van der Waals surface area contributed by atoms with Gasteiger partial charge in [0.25, 0.3) is 0 Å². The zero-order chi connectivity index (χ0) is 26.6. The number of nitrogen functional groups attached to an aromatic ring is 1. The third-order valence-corrected chi connectivity index (χ3v) is 7.97. The van der Waals surface area contributed by atoms with Crippen LogP contribution in [-0.4, -0.2) is 30.3 Å². The second-order valence-electron chi connectivity index (χ2n) is 8.61. The van der Waals surface area contributed by atoms with Gasteiger partial charge in [-0.2, -0.15) is 4.39 Å². The number of fused-ring (bicyclic) bond motifs is 3. The van der Waals surface area contributed by atoms with Gasteiger partial charge in [-0.15, -0.1) is 0 Å². The monoisotopic (exact) mass is 523 g/mol. The normalized spacial score (nSPS) is 12.4. The highest BCUT2D eigenvalue weighted by Gasteiger charge is 2.30. The highest BCUT2D eigenvalue weighted by molar-refractivity contribution is 7.58. The van der Waals surface area contributed by atoms with Gasteiger partial charge in [0.1, 0.15) is 11.3 Å². The summed E-state index contributed by atoms with van der Waals surface area (Å²) in [5.74, 6) is 1.13. The first-order valence-corrected chi connectivity index (χ1v) is 13.7. The van der Waals surface area contributed by atoms with E-state index in [1.54, 1.807) is 33.1 Å². The molecule has 0 amide bonds. The van der Waals surface area contributed by atoms with E-state index >= 15 is 0 Å². The summed E-state index contributed by atoms with van der Waals surface area (Å²) < 4.78 is 43.1. The summed E-state index contributed by atoms with van der Waals surface area (Å²) in [7, 11) is -2.34. The number of anilines is 1. The second kappa shape index (κ2) is 11.4. The SMILES string of the molecule is CCOP(=O)(OCC)C(F)=Cc1ccc2c(c1)nc(N)c1ncc(CCc3ccc(OC)cc3C)cc12. The Morgan fingerprint density at radius 1 is 1.05 bits per heavy atom. The number of aryl methyl sites for hydroxylation is 3. The maximum Gasteiger partial charge on any atom is 0.389 e. The first-order valence-electron chi connectivity index (χ1n) is 12.2. The summed E-state index contributed by atoms with van der Waals surface area (Å²) in [6.07, 6.45) is 4.64. The molecule has 9 heteroatoms. The van der Waals surface area contributed by atoms with E-state index in [4.69, 9.17) is 19.5 Å². The molecule has 0 radical (unpaired) electrons. The summed E-state index contributed by atoms with van der Waals surface area (Å²) in [5, 5.41) is 1.71. The van der Waals surface area contributed by atoms with Crippen LogP contribution in [0.3, 0.4) is 0 Å². The molecule has 2 heterocycles. The van der Waals surface area contributed by atoms with Crippen molar-refractivity contribution in [2.75, 3.05) is 26.1 Å². The van der Waals surface area contributed by atoms with Crippen LogP contribution in [0.25, 0.3) is 27.9 Å². The molecule has 0 saturated carbocycles. The maximum atomic E-state index is 14.9. The van der Waals surface area contributed by atoms with Gasteiger partial charge in [-0.25, -0.2) is 4.98 Å². The van der Waals surface area contributed by atoms with E-state index in [1.807, 2.05) is 24.4 Å². The molecular weight excluding hydrogens is 492 g/mol. The van der Waals surface area contributed by atoms with Gasteiger partial charge >= 0.3 is 7.60 Å². The summed E-state index contributed by atoms with van der Waals surface area (Å²) >= 11 is 0. The van der Waals surface area contributed by atoms with Crippen molar-refractivity contribution < 1.29 is 22.7 Å². The molecule has 194 valence electrons. The number of nitrogens with two attached hydrogens (primary N) is 1. The zero-order valence-electron chi connectivity index (χ0n) is 21.5. The number of hydrogen-bond donors (Lipinski definition) is 1. The van der Waals surface area contributed by atoms with Crippen LogP contribution in [0.4, 0.5) is 10.2 Å². The average molecular weight is 524 g/mol. The van der Waals surface area contributed by atoms with Gasteiger partial charge in [0.15, 0.2) is 5.82 Å². The van der Waals surface area contributed by atoms with E-state index in [1.165, 1.54) is 11.1 Å². The Bertz CT molecular complexity index is 1510. The smallest absolute Gasteiger partial charge is 0.389 e. The fourth-order valence-corrected chi connectivity index (χ4v) is 5.58. The van der Waals surface area contributed by atoms with Crippen LogP contribution in [0.2, 0.25) is 0 Å². The van der Waals surface area contributed by atoms with Crippen molar-refractivity contribution in [2.24, 2.45) is 0 Å². The van der Waals surface area contributed by atoms with Crippen LogP contribution in [0, 0.1) is 6.92 Å². The first kappa shape index (κ1) is 26.7. The standard InChI is InChI=1S/C28H31FN3O4P/c1-5-35-37(33,36-6-2)26(29)16-19-8-12-23-24-14-20(17-31-27(24)28(30)32-25(23)15-19)7-9-21-10-11-22(34-4)13-18(21)3/h8,10-17H,5-7,9H2,1-4H3,(H2,30,32). The maximum absolute atomic E-state index is 14.9. The fraction of sp³-hybridized carbons (Fsp3) is 0.286. The number of rotatable bonds is 10. The lowest BCUT2D eigenvalue weighted by Gasteiger charge is -2.15. The van der Waals surface area contributed by atoms with Crippen LogP contribution >= 0.6 is 7.60 Å². The molecule has 37 heavy (non-hydrogen) atoms. The highest BCUT2D eigenvalue weighted by Crippen LogP contribution is 2.57. The van der Waals surface area contributed by atoms with Crippen molar-refractivity contribution >= 4 is 41.3 Å². The first-order chi connectivity index (χ1) is 17.8. The van der Waals surface area contributed by atoms with Gasteiger partial charge in [0, 0.05) is 17.0 Å². The van der Waals surface area contributed by atoms with Gasteiger partial charge in [0.2, 0.25) is 5.57 Å². The van der Waals surface area contributed by atoms with Crippen molar-refractivity contribution in [3.63, 3.8) is 0 Å².